The molecule has 3 saturated carbocycles. The lowest BCUT2D eigenvalue weighted by Gasteiger charge is -2.52. The summed E-state index contributed by atoms with van der Waals surface area (Å²) in [5.41, 5.74) is 1.58. The molecule has 174 valence electrons. The summed E-state index contributed by atoms with van der Waals surface area (Å²) < 4.78 is 0. The number of ketones is 1. The quantitative estimate of drug-likeness (QED) is 0.495. The average Bonchev–Trinajstić information content (AvgIpc) is 3.40. The third-order valence-electron chi connectivity index (χ3n) is 9.04. The summed E-state index contributed by atoms with van der Waals surface area (Å²) in [4.78, 5) is 23.5. The van der Waals surface area contributed by atoms with Crippen LogP contribution in [0.25, 0.3) is 0 Å². The first-order valence-electron chi connectivity index (χ1n) is 12.1. The second-order valence-electron chi connectivity index (χ2n) is 10.5. The zero-order chi connectivity index (χ0) is 22.1. The van der Waals surface area contributed by atoms with Gasteiger partial charge in [0, 0.05) is 42.7 Å². The van der Waals surface area contributed by atoms with E-state index in [1.54, 1.807) is 7.11 Å². The van der Waals surface area contributed by atoms with E-state index < -0.39 is 0 Å². The molecule has 0 aromatic heterocycles. The first-order chi connectivity index (χ1) is 14.9. The first-order valence-corrected chi connectivity index (χ1v) is 12.1. The van der Waals surface area contributed by atoms with Crippen molar-refractivity contribution in [1.82, 2.24) is 5.32 Å². The second-order valence-corrected chi connectivity index (χ2v) is 10.5. The Morgan fingerprint density at radius 2 is 2.06 bits per heavy atom. The molecule has 0 radical (unpaired) electrons. The predicted molar refractivity (Wildman–Crippen MR) is 120 cm³/mol. The van der Waals surface area contributed by atoms with Gasteiger partial charge in [0.05, 0.1) is 11.4 Å². The monoisotopic (exact) mass is 433 g/mol. The normalized spacial score (nSPS) is 42.6. The second kappa shape index (κ2) is 9.18. The molecule has 6 atom stereocenters. The van der Waals surface area contributed by atoms with E-state index >= 15 is 0 Å². The summed E-state index contributed by atoms with van der Waals surface area (Å²) in [5.74, 6) is 1.34. The van der Waals surface area contributed by atoms with Crippen molar-refractivity contribution in [2.45, 2.75) is 77.7 Å². The van der Waals surface area contributed by atoms with E-state index in [0.29, 0.717) is 17.6 Å². The minimum Gasteiger partial charge on any atom is -0.399 e. The number of nitrogens with one attached hydrogen (secondary N) is 1. The minimum absolute atomic E-state index is 0.0710. The van der Waals surface area contributed by atoms with Crippen LogP contribution in [0.5, 0.6) is 0 Å². The van der Waals surface area contributed by atoms with Gasteiger partial charge >= 0.3 is 0 Å². The number of rotatable bonds is 6. The van der Waals surface area contributed by atoms with Gasteiger partial charge in [0.25, 0.3) is 0 Å². The van der Waals surface area contributed by atoms with Gasteiger partial charge < -0.3 is 20.1 Å². The number of carbonyl (C=O) groups excluding carboxylic acids is 1. The number of Topliss-reactive ketones (excluding diaryl/α,β-unsaturated/α-hetero) is 1. The van der Waals surface area contributed by atoms with Crippen molar-refractivity contribution >= 4 is 17.2 Å². The maximum atomic E-state index is 12.5. The number of hydrogen-bond donors (Lipinski definition) is 2. The van der Waals surface area contributed by atoms with Gasteiger partial charge in [-0.05, 0) is 70.3 Å². The Kier molecular flexibility index (Phi) is 6.73. The Morgan fingerprint density at radius 1 is 1.23 bits per heavy atom. The van der Waals surface area contributed by atoms with Crippen molar-refractivity contribution in [3.63, 3.8) is 0 Å². The smallest absolute Gasteiger partial charge is 0.141 e. The molecular weight excluding hydrogens is 394 g/mol. The lowest BCUT2D eigenvalue weighted by molar-refractivity contribution is -0.130. The first kappa shape index (κ1) is 22.7. The molecule has 2 N–H and O–H groups in total. The molecule has 4 aliphatic rings. The Bertz CT molecular complexity index is 732. The number of nitrogens with zero attached hydrogens (tertiary/aromatic N) is 2. The molecule has 4 unspecified atom stereocenters. The lowest BCUT2D eigenvalue weighted by atomic mass is 9.52. The molecule has 0 spiro atoms. The van der Waals surface area contributed by atoms with E-state index in [2.05, 4.69) is 22.6 Å². The Hall–Kier alpha value is -1.47. The van der Waals surface area contributed by atoms with Gasteiger partial charge in [-0.2, -0.15) is 0 Å². The SMILES string of the molecule is CO/N=C(\C)C1C/C(=N/OC2CCNC2)CC[C@]1(CO)C1CC[C@]2(C)C(=O)CCC2C1. The third-order valence-corrected chi connectivity index (χ3v) is 9.04. The van der Waals surface area contributed by atoms with Crippen LogP contribution in [0.2, 0.25) is 0 Å². The third kappa shape index (κ3) is 4.15. The molecule has 0 aromatic rings. The van der Waals surface area contributed by atoms with E-state index in [1.807, 2.05) is 6.92 Å². The van der Waals surface area contributed by atoms with Crippen LogP contribution in [0.4, 0.5) is 0 Å². The van der Waals surface area contributed by atoms with Crippen LogP contribution in [0.3, 0.4) is 0 Å². The van der Waals surface area contributed by atoms with E-state index in [1.165, 1.54) is 0 Å². The van der Waals surface area contributed by atoms with Gasteiger partial charge in [0.1, 0.15) is 19.0 Å². The summed E-state index contributed by atoms with van der Waals surface area (Å²) in [5, 5.41) is 22.9. The van der Waals surface area contributed by atoms with Crippen LogP contribution in [-0.2, 0) is 14.5 Å². The van der Waals surface area contributed by atoms with Crippen molar-refractivity contribution in [3.8, 4) is 0 Å². The lowest BCUT2D eigenvalue weighted by Crippen LogP contribution is -2.51. The molecule has 4 fully saturated rings. The zero-order valence-corrected chi connectivity index (χ0v) is 19.4. The van der Waals surface area contributed by atoms with Crippen LogP contribution >= 0.6 is 0 Å². The number of oxime groups is 2. The topological polar surface area (TPSA) is 92.5 Å². The van der Waals surface area contributed by atoms with Gasteiger partial charge in [0.15, 0.2) is 0 Å². The van der Waals surface area contributed by atoms with Crippen molar-refractivity contribution in [2.24, 2.45) is 38.9 Å². The molecular formula is C24H39N3O4. The largest absolute Gasteiger partial charge is 0.399 e. The van der Waals surface area contributed by atoms with Crippen molar-refractivity contribution in [2.75, 3.05) is 26.8 Å². The fourth-order valence-electron chi connectivity index (χ4n) is 6.94. The Labute approximate surface area is 186 Å². The summed E-state index contributed by atoms with van der Waals surface area (Å²) in [6.45, 7) is 6.15. The molecule has 0 aromatic carbocycles. The molecule has 31 heavy (non-hydrogen) atoms. The van der Waals surface area contributed by atoms with E-state index in [0.717, 1.165) is 82.3 Å². The van der Waals surface area contributed by atoms with Gasteiger partial charge in [-0.3, -0.25) is 4.79 Å². The highest BCUT2D eigenvalue weighted by molar-refractivity contribution is 5.94. The van der Waals surface area contributed by atoms with Crippen molar-refractivity contribution < 1.29 is 19.6 Å². The standard InChI is InChI=1S/C24H39N3O4/c1-16(26-30-3)21-13-19(27-31-20-8-11-25-14-20)7-10-24(21,15-28)18-6-9-23(2)17(12-18)4-5-22(23)29/h17-18,20-21,25,28H,4-15H2,1-3H3/b26-16+,27-19+/t17?,18?,20?,21?,23-,24-/m0/s1. The van der Waals surface area contributed by atoms with Crippen LogP contribution in [0.15, 0.2) is 10.3 Å². The van der Waals surface area contributed by atoms with Crippen LogP contribution in [-0.4, -0.2) is 55.2 Å². The number of aliphatic hydroxyl groups excluding tert-OH is 1. The molecule has 0 bridgehead atoms. The fraction of sp³-hybridized carbons (Fsp3) is 0.875. The van der Waals surface area contributed by atoms with E-state index in [9.17, 15) is 9.90 Å². The van der Waals surface area contributed by atoms with E-state index in [4.69, 9.17) is 9.68 Å². The van der Waals surface area contributed by atoms with Crippen LogP contribution in [0, 0.1) is 28.6 Å². The van der Waals surface area contributed by atoms with Crippen LogP contribution in [0.1, 0.15) is 71.6 Å². The summed E-state index contributed by atoms with van der Waals surface area (Å²) in [6, 6.07) is 0. The maximum absolute atomic E-state index is 12.5. The highest BCUT2D eigenvalue weighted by Crippen LogP contribution is 2.58. The maximum Gasteiger partial charge on any atom is 0.141 e. The van der Waals surface area contributed by atoms with Gasteiger partial charge in [-0.25, -0.2) is 0 Å². The summed E-state index contributed by atoms with van der Waals surface area (Å²) >= 11 is 0. The van der Waals surface area contributed by atoms with Gasteiger partial charge in [0.2, 0.25) is 0 Å². The predicted octanol–water partition coefficient (Wildman–Crippen LogP) is 3.31. The van der Waals surface area contributed by atoms with Crippen molar-refractivity contribution in [1.29, 1.82) is 0 Å². The van der Waals surface area contributed by atoms with Crippen LogP contribution < -0.4 is 5.32 Å². The fourth-order valence-corrected chi connectivity index (χ4v) is 6.94. The zero-order valence-electron chi connectivity index (χ0n) is 19.4. The molecule has 4 rings (SSSR count). The molecule has 3 aliphatic carbocycles. The highest BCUT2D eigenvalue weighted by atomic mass is 16.6. The minimum atomic E-state index is -0.243. The number of carbonyl (C=O) groups is 1. The molecule has 0 amide bonds. The molecule has 1 heterocycles. The molecule has 1 saturated heterocycles. The van der Waals surface area contributed by atoms with E-state index in [-0.39, 0.29) is 29.5 Å². The number of fused-ring (bicyclic) bond motifs is 1. The van der Waals surface area contributed by atoms with Crippen molar-refractivity contribution in [3.05, 3.63) is 0 Å². The average molecular weight is 434 g/mol. The molecule has 7 heteroatoms. The number of aliphatic hydroxyl groups is 1. The number of hydrogen-bond acceptors (Lipinski definition) is 7. The molecule has 7 nitrogen and oxygen atoms in total. The van der Waals surface area contributed by atoms with Gasteiger partial charge in [-0.15, -0.1) is 0 Å². The summed E-state index contributed by atoms with van der Waals surface area (Å²) in [6.07, 6.45) is 8.28. The Balaban J connectivity index is 1.55. The van der Waals surface area contributed by atoms with Gasteiger partial charge in [-0.1, -0.05) is 17.2 Å². The highest BCUT2D eigenvalue weighted by Gasteiger charge is 2.56. The summed E-state index contributed by atoms with van der Waals surface area (Å²) in [7, 11) is 1.58. The molecule has 1 aliphatic heterocycles. The Morgan fingerprint density at radius 3 is 2.77 bits per heavy atom.